The van der Waals surface area contributed by atoms with Crippen LogP contribution in [0.2, 0.25) is 0 Å². The number of nitrogens with one attached hydrogen (secondary N) is 2. The van der Waals surface area contributed by atoms with Crippen molar-refractivity contribution in [2.45, 2.75) is 31.7 Å². The first kappa shape index (κ1) is 23.9. The van der Waals surface area contributed by atoms with Crippen LogP contribution in [-0.2, 0) is 14.3 Å². The maximum atomic E-state index is 13.4. The summed E-state index contributed by atoms with van der Waals surface area (Å²) in [4.78, 5) is 36.5. The number of aliphatic carboxylic acids is 1. The minimum atomic E-state index is -1.15. The van der Waals surface area contributed by atoms with Gasteiger partial charge in [0.15, 0.2) is 0 Å². The lowest BCUT2D eigenvalue weighted by molar-refractivity contribution is -0.137. The fourth-order valence-electron chi connectivity index (χ4n) is 4.31. The van der Waals surface area contributed by atoms with Gasteiger partial charge < -0.3 is 20.5 Å². The molecule has 0 spiro atoms. The van der Waals surface area contributed by atoms with Crippen molar-refractivity contribution in [2.24, 2.45) is 0 Å². The van der Waals surface area contributed by atoms with Gasteiger partial charge in [-0.15, -0.1) is 0 Å². The summed E-state index contributed by atoms with van der Waals surface area (Å²) in [5.74, 6) is -2.31. The number of carboxylic acids is 1. The molecule has 1 aliphatic rings. The molecule has 3 aromatic carbocycles. The fraction of sp³-hybridized carbons (Fsp3) is 0.222. The van der Waals surface area contributed by atoms with Gasteiger partial charge in [-0.25, -0.2) is 9.18 Å². The molecule has 0 heterocycles. The van der Waals surface area contributed by atoms with E-state index in [0.29, 0.717) is 11.3 Å². The Hall–Kier alpha value is -4.20. The normalized spacial score (nSPS) is 12.9. The van der Waals surface area contributed by atoms with E-state index >= 15 is 0 Å². The van der Waals surface area contributed by atoms with Crippen LogP contribution in [0, 0.1) is 12.7 Å². The van der Waals surface area contributed by atoms with Gasteiger partial charge in [-0.2, -0.15) is 0 Å². The van der Waals surface area contributed by atoms with Crippen LogP contribution in [0.3, 0.4) is 0 Å². The van der Waals surface area contributed by atoms with Crippen molar-refractivity contribution in [2.75, 3.05) is 11.9 Å². The first-order valence-electron chi connectivity index (χ1n) is 11.2. The number of benzene rings is 3. The Morgan fingerprint density at radius 3 is 2.23 bits per heavy atom. The predicted molar refractivity (Wildman–Crippen MR) is 129 cm³/mol. The van der Waals surface area contributed by atoms with E-state index in [1.807, 2.05) is 48.5 Å². The highest BCUT2D eigenvalue weighted by atomic mass is 19.1. The number of carbonyl (C=O) groups is 3. The number of rotatable bonds is 8. The van der Waals surface area contributed by atoms with Gasteiger partial charge in [-0.05, 0) is 59.4 Å². The van der Waals surface area contributed by atoms with Gasteiger partial charge in [-0.3, -0.25) is 9.59 Å². The summed E-state index contributed by atoms with van der Waals surface area (Å²) >= 11 is 0. The second-order valence-electron chi connectivity index (χ2n) is 8.40. The minimum Gasteiger partial charge on any atom is -0.481 e. The summed E-state index contributed by atoms with van der Waals surface area (Å²) < 4.78 is 18.9. The number of carbonyl (C=O) groups excluding carboxylic acids is 2. The Labute approximate surface area is 201 Å². The molecule has 3 N–H and O–H groups in total. The van der Waals surface area contributed by atoms with E-state index in [2.05, 4.69) is 10.6 Å². The highest BCUT2D eigenvalue weighted by Gasteiger charge is 2.30. The van der Waals surface area contributed by atoms with Gasteiger partial charge in [0.1, 0.15) is 18.5 Å². The smallest absolute Gasteiger partial charge is 0.407 e. The van der Waals surface area contributed by atoms with Crippen LogP contribution in [0.15, 0.2) is 66.7 Å². The Balaban J connectivity index is 1.43. The SMILES string of the molecule is Cc1cc(F)ccc1NC(=O)C(CCC(=O)O)NC(=O)OCC1c2ccccc2-c2ccccc21. The largest absolute Gasteiger partial charge is 0.481 e. The first-order chi connectivity index (χ1) is 16.8. The number of hydrogen-bond donors (Lipinski definition) is 3. The molecule has 1 atom stereocenters. The van der Waals surface area contributed by atoms with Crippen LogP contribution < -0.4 is 10.6 Å². The number of hydrogen-bond acceptors (Lipinski definition) is 4. The molecule has 35 heavy (non-hydrogen) atoms. The zero-order valence-electron chi connectivity index (χ0n) is 19.1. The molecule has 0 fully saturated rings. The standard InChI is InChI=1S/C27H25FN2O5/c1-16-14-17(28)10-11-23(16)29-26(33)24(12-13-25(31)32)30-27(34)35-15-22-20-8-4-2-6-18(20)19-7-3-5-9-21(19)22/h2-11,14,22,24H,12-13,15H2,1H3,(H,29,33)(H,30,34)(H,31,32). The van der Waals surface area contributed by atoms with Gasteiger partial charge >= 0.3 is 12.1 Å². The molecule has 0 aliphatic heterocycles. The highest BCUT2D eigenvalue weighted by molar-refractivity contribution is 5.97. The van der Waals surface area contributed by atoms with E-state index < -0.39 is 29.8 Å². The van der Waals surface area contributed by atoms with Crippen LogP contribution in [0.25, 0.3) is 11.1 Å². The molecule has 8 heteroatoms. The number of halogens is 1. The summed E-state index contributed by atoms with van der Waals surface area (Å²) in [6.07, 6.45) is -1.29. The second-order valence-corrected chi connectivity index (χ2v) is 8.40. The van der Waals surface area contributed by atoms with Crippen molar-refractivity contribution in [3.63, 3.8) is 0 Å². The number of anilines is 1. The molecule has 2 amide bonds. The molecule has 0 saturated carbocycles. The van der Waals surface area contributed by atoms with Crippen molar-refractivity contribution >= 4 is 23.7 Å². The van der Waals surface area contributed by atoms with Crippen molar-refractivity contribution in [1.82, 2.24) is 5.32 Å². The predicted octanol–water partition coefficient (Wildman–Crippen LogP) is 4.84. The Kier molecular flexibility index (Phi) is 7.10. The van der Waals surface area contributed by atoms with Crippen LogP contribution in [-0.4, -0.2) is 35.7 Å². The second kappa shape index (κ2) is 10.4. The van der Waals surface area contributed by atoms with Crippen LogP contribution in [0.5, 0.6) is 0 Å². The van der Waals surface area contributed by atoms with Gasteiger partial charge in [0.25, 0.3) is 0 Å². The summed E-state index contributed by atoms with van der Waals surface area (Å²) in [5.41, 5.74) is 5.14. The van der Waals surface area contributed by atoms with E-state index in [1.54, 1.807) is 6.92 Å². The third-order valence-electron chi connectivity index (χ3n) is 6.05. The molecule has 0 bridgehead atoms. The monoisotopic (exact) mass is 476 g/mol. The fourth-order valence-corrected chi connectivity index (χ4v) is 4.31. The van der Waals surface area contributed by atoms with E-state index in [9.17, 15) is 18.8 Å². The molecule has 0 saturated heterocycles. The molecule has 180 valence electrons. The molecule has 1 aliphatic carbocycles. The van der Waals surface area contributed by atoms with E-state index in [4.69, 9.17) is 9.84 Å². The zero-order chi connectivity index (χ0) is 24.9. The molecular weight excluding hydrogens is 451 g/mol. The zero-order valence-corrected chi connectivity index (χ0v) is 19.1. The lowest BCUT2D eigenvalue weighted by atomic mass is 9.98. The number of alkyl carbamates (subject to hydrolysis) is 1. The van der Waals surface area contributed by atoms with Crippen molar-refractivity contribution in [1.29, 1.82) is 0 Å². The molecule has 1 unspecified atom stereocenters. The van der Waals surface area contributed by atoms with Gasteiger partial charge in [0.2, 0.25) is 5.91 Å². The molecule has 7 nitrogen and oxygen atoms in total. The summed E-state index contributed by atoms with van der Waals surface area (Å²) in [6.45, 7) is 1.69. The maximum absolute atomic E-state index is 13.4. The third kappa shape index (κ3) is 5.48. The number of ether oxygens (including phenoxy) is 1. The Morgan fingerprint density at radius 2 is 1.63 bits per heavy atom. The van der Waals surface area contributed by atoms with Crippen molar-refractivity contribution in [3.05, 3.63) is 89.2 Å². The van der Waals surface area contributed by atoms with Gasteiger partial charge in [-0.1, -0.05) is 48.5 Å². The average Bonchev–Trinajstić information content (AvgIpc) is 3.15. The first-order valence-corrected chi connectivity index (χ1v) is 11.2. The Morgan fingerprint density at radius 1 is 1.00 bits per heavy atom. The number of aryl methyl sites for hydroxylation is 1. The van der Waals surface area contributed by atoms with Crippen LogP contribution in [0.1, 0.15) is 35.4 Å². The number of carboxylic acid groups (broad SMARTS) is 1. The Bertz CT molecular complexity index is 1230. The van der Waals surface area contributed by atoms with Crippen molar-refractivity contribution < 1.29 is 28.6 Å². The average molecular weight is 477 g/mol. The molecule has 0 radical (unpaired) electrons. The molecule has 4 rings (SSSR count). The topological polar surface area (TPSA) is 105 Å². The number of amides is 2. The number of fused-ring (bicyclic) bond motifs is 3. The highest BCUT2D eigenvalue weighted by Crippen LogP contribution is 2.44. The lowest BCUT2D eigenvalue weighted by Crippen LogP contribution is -2.44. The van der Waals surface area contributed by atoms with Crippen molar-refractivity contribution in [3.8, 4) is 11.1 Å². The van der Waals surface area contributed by atoms with E-state index in [-0.39, 0.29) is 25.4 Å². The van der Waals surface area contributed by atoms with E-state index in [1.165, 1.54) is 18.2 Å². The summed E-state index contributed by atoms with van der Waals surface area (Å²) in [7, 11) is 0. The molecule has 3 aromatic rings. The minimum absolute atomic E-state index is 0.0597. The van der Waals surface area contributed by atoms with Gasteiger partial charge in [0.05, 0.1) is 0 Å². The van der Waals surface area contributed by atoms with E-state index in [0.717, 1.165) is 22.3 Å². The summed E-state index contributed by atoms with van der Waals surface area (Å²) in [6, 6.07) is 18.5. The molecule has 0 aromatic heterocycles. The van der Waals surface area contributed by atoms with Gasteiger partial charge in [0, 0.05) is 18.0 Å². The quantitative estimate of drug-likeness (QED) is 0.431. The third-order valence-corrected chi connectivity index (χ3v) is 6.05. The van der Waals surface area contributed by atoms with Crippen LogP contribution >= 0.6 is 0 Å². The lowest BCUT2D eigenvalue weighted by Gasteiger charge is -2.20. The maximum Gasteiger partial charge on any atom is 0.407 e. The van der Waals surface area contributed by atoms with Crippen LogP contribution in [0.4, 0.5) is 14.9 Å². The summed E-state index contributed by atoms with van der Waals surface area (Å²) in [5, 5.41) is 14.2. The molecular formula is C27H25FN2O5.